The van der Waals surface area contributed by atoms with Crippen LogP contribution in [-0.2, 0) is 9.47 Å². The van der Waals surface area contributed by atoms with E-state index >= 15 is 0 Å². The van der Waals surface area contributed by atoms with Crippen LogP contribution in [0.3, 0.4) is 0 Å². The zero-order valence-electron chi connectivity index (χ0n) is 16.6. The van der Waals surface area contributed by atoms with Crippen molar-refractivity contribution in [1.29, 1.82) is 0 Å². The average Bonchev–Trinajstić information content (AvgIpc) is 3.13. The number of methoxy groups -OCH3 is 1. The van der Waals surface area contributed by atoms with Gasteiger partial charge in [-0.1, -0.05) is 60.7 Å². The van der Waals surface area contributed by atoms with Gasteiger partial charge >= 0.3 is 0 Å². The molecule has 142 valence electrons. The van der Waals surface area contributed by atoms with Crippen molar-refractivity contribution in [3.8, 4) is 0 Å². The highest BCUT2D eigenvalue weighted by Crippen LogP contribution is 2.59. The molecule has 4 rings (SSSR count). The van der Waals surface area contributed by atoms with Crippen molar-refractivity contribution in [3.63, 3.8) is 0 Å². The largest absolute Gasteiger partial charge is 0.477 e. The lowest BCUT2D eigenvalue weighted by molar-refractivity contribution is 0.131. The van der Waals surface area contributed by atoms with Gasteiger partial charge in [0.2, 0.25) is 5.90 Å². The highest BCUT2D eigenvalue weighted by molar-refractivity contribution is 5.92. The molecular weight excluding hydrogens is 336 g/mol. The topological polar surface area (TPSA) is 33.8 Å². The van der Waals surface area contributed by atoms with E-state index in [-0.39, 0.29) is 23.2 Å². The van der Waals surface area contributed by atoms with Gasteiger partial charge in [0.15, 0.2) is 0 Å². The van der Waals surface area contributed by atoms with Gasteiger partial charge < -0.3 is 9.47 Å². The predicted molar refractivity (Wildman–Crippen MR) is 108 cm³/mol. The molecule has 1 saturated heterocycles. The van der Waals surface area contributed by atoms with Gasteiger partial charge in [-0.3, -0.25) is 4.90 Å². The van der Waals surface area contributed by atoms with Crippen LogP contribution in [0.25, 0.3) is 0 Å². The monoisotopic (exact) mass is 364 g/mol. The standard InChI is InChI=1S/C23H28N2O2/c1-22(2)16-27-21(24-22)23(3)20(18-13-9-6-10-14-18)25(23)19(15-26-4)17-11-7-5-8-12-17/h5-14,19-20H,15-16H2,1-4H3/t19-,20+,23-,25?/m1/s1. The van der Waals surface area contributed by atoms with E-state index in [4.69, 9.17) is 14.5 Å². The van der Waals surface area contributed by atoms with Gasteiger partial charge in [-0.2, -0.15) is 0 Å². The van der Waals surface area contributed by atoms with Crippen LogP contribution in [0.5, 0.6) is 0 Å². The SMILES string of the molecule is COC[C@H](c1ccccc1)N1[C@@H](c2ccccc2)[C@]1(C)C1=NC(C)(C)CO1. The van der Waals surface area contributed by atoms with Crippen LogP contribution in [0.15, 0.2) is 65.7 Å². The number of rotatable bonds is 6. The highest BCUT2D eigenvalue weighted by atomic mass is 16.5. The predicted octanol–water partition coefficient (Wildman–Crippen LogP) is 4.40. The minimum absolute atomic E-state index is 0.140. The minimum atomic E-state index is -0.270. The Bertz CT molecular complexity index is 819. The zero-order chi connectivity index (χ0) is 19.1. The molecule has 0 aromatic heterocycles. The molecule has 0 N–H and O–H groups in total. The summed E-state index contributed by atoms with van der Waals surface area (Å²) in [4.78, 5) is 7.42. The van der Waals surface area contributed by atoms with Gasteiger partial charge in [0.1, 0.15) is 12.1 Å². The van der Waals surface area contributed by atoms with Gasteiger partial charge in [0.25, 0.3) is 0 Å². The summed E-state index contributed by atoms with van der Waals surface area (Å²) in [6.45, 7) is 7.75. The average molecular weight is 364 g/mol. The van der Waals surface area contributed by atoms with Crippen LogP contribution >= 0.6 is 0 Å². The summed E-state index contributed by atoms with van der Waals surface area (Å²) >= 11 is 0. The fourth-order valence-electron chi connectivity index (χ4n) is 4.28. The number of benzene rings is 2. The summed E-state index contributed by atoms with van der Waals surface area (Å²) in [7, 11) is 1.76. The summed E-state index contributed by atoms with van der Waals surface area (Å²) in [5.41, 5.74) is 2.10. The Labute approximate surface area is 161 Å². The van der Waals surface area contributed by atoms with Crippen LogP contribution in [0, 0.1) is 0 Å². The van der Waals surface area contributed by atoms with E-state index in [1.165, 1.54) is 11.1 Å². The van der Waals surface area contributed by atoms with Gasteiger partial charge in [-0.15, -0.1) is 0 Å². The third kappa shape index (κ3) is 3.17. The fourth-order valence-corrected chi connectivity index (χ4v) is 4.28. The molecule has 2 aliphatic heterocycles. The Balaban J connectivity index is 1.76. The molecule has 2 heterocycles. The van der Waals surface area contributed by atoms with E-state index < -0.39 is 0 Å². The van der Waals surface area contributed by atoms with Crippen molar-refractivity contribution in [3.05, 3.63) is 71.8 Å². The highest BCUT2D eigenvalue weighted by Gasteiger charge is 2.67. The van der Waals surface area contributed by atoms with Crippen molar-refractivity contribution >= 4 is 5.90 Å². The number of hydrogen-bond donors (Lipinski definition) is 0. The van der Waals surface area contributed by atoms with E-state index in [1.807, 2.05) is 0 Å². The molecule has 0 bridgehead atoms. The lowest BCUT2D eigenvalue weighted by Crippen LogP contribution is -2.30. The molecule has 2 aromatic rings. The number of nitrogens with zero attached hydrogens (tertiary/aromatic N) is 2. The first kappa shape index (κ1) is 18.2. The van der Waals surface area contributed by atoms with Gasteiger partial charge in [0.05, 0.1) is 24.2 Å². The normalized spacial score (nSPS) is 29.7. The number of ether oxygens (including phenoxy) is 2. The van der Waals surface area contributed by atoms with Gasteiger partial charge in [-0.25, -0.2) is 4.99 Å². The van der Waals surface area contributed by atoms with Crippen molar-refractivity contribution in [2.24, 2.45) is 4.99 Å². The summed E-state index contributed by atoms with van der Waals surface area (Å²) in [5.74, 6) is 0.846. The van der Waals surface area contributed by atoms with Crippen molar-refractivity contribution in [1.82, 2.24) is 4.90 Å². The molecule has 0 saturated carbocycles. The molecule has 1 unspecified atom stereocenters. The molecule has 0 radical (unpaired) electrons. The first-order valence-electron chi connectivity index (χ1n) is 9.58. The van der Waals surface area contributed by atoms with Crippen LogP contribution in [0.2, 0.25) is 0 Å². The van der Waals surface area contributed by atoms with E-state index in [1.54, 1.807) is 7.11 Å². The summed E-state index contributed by atoms with van der Waals surface area (Å²) < 4.78 is 11.7. The molecule has 0 amide bonds. The Morgan fingerprint density at radius 2 is 1.70 bits per heavy atom. The van der Waals surface area contributed by atoms with Crippen LogP contribution in [0.4, 0.5) is 0 Å². The van der Waals surface area contributed by atoms with Gasteiger partial charge in [0, 0.05) is 7.11 Å². The van der Waals surface area contributed by atoms with Crippen molar-refractivity contribution < 1.29 is 9.47 Å². The quantitative estimate of drug-likeness (QED) is 0.713. The molecule has 0 aliphatic carbocycles. The molecule has 4 atom stereocenters. The lowest BCUT2D eigenvalue weighted by atomic mass is 10.0. The Morgan fingerprint density at radius 1 is 1.07 bits per heavy atom. The second-order valence-electron chi connectivity index (χ2n) is 8.27. The number of hydrogen-bond acceptors (Lipinski definition) is 4. The van der Waals surface area contributed by atoms with Gasteiger partial charge in [-0.05, 0) is 31.9 Å². The van der Waals surface area contributed by atoms with Crippen LogP contribution in [-0.4, -0.2) is 42.2 Å². The summed E-state index contributed by atoms with van der Waals surface area (Å²) in [5, 5.41) is 0. The van der Waals surface area contributed by atoms with E-state index in [9.17, 15) is 0 Å². The molecule has 27 heavy (non-hydrogen) atoms. The maximum Gasteiger partial charge on any atom is 0.206 e. The molecule has 2 aromatic carbocycles. The molecule has 1 fully saturated rings. The molecule has 0 spiro atoms. The summed E-state index contributed by atoms with van der Waals surface area (Å²) in [6, 6.07) is 21.6. The third-order valence-corrected chi connectivity index (χ3v) is 5.64. The first-order valence-corrected chi connectivity index (χ1v) is 9.58. The Kier molecular flexibility index (Phi) is 4.57. The minimum Gasteiger partial charge on any atom is -0.477 e. The molecule has 4 nitrogen and oxygen atoms in total. The smallest absolute Gasteiger partial charge is 0.206 e. The number of aliphatic imine (C=N–C) groups is 1. The van der Waals surface area contributed by atoms with E-state index in [0.717, 1.165) is 5.90 Å². The molecular formula is C23H28N2O2. The Hall–Kier alpha value is -2.17. The maximum absolute atomic E-state index is 6.11. The molecule has 4 heteroatoms. The molecule has 2 aliphatic rings. The van der Waals surface area contributed by atoms with E-state index in [0.29, 0.717) is 13.2 Å². The summed E-state index contributed by atoms with van der Waals surface area (Å²) in [6.07, 6.45) is 0. The fraction of sp³-hybridized carbons (Fsp3) is 0.435. The lowest BCUT2D eigenvalue weighted by Gasteiger charge is -2.22. The third-order valence-electron chi connectivity index (χ3n) is 5.64. The van der Waals surface area contributed by atoms with E-state index in [2.05, 4.69) is 86.3 Å². The van der Waals surface area contributed by atoms with Crippen molar-refractivity contribution in [2.75, 3.05) is 20.3 Å². The first-order chi connectivity index (χ1) is 13.0. The Morgan fingerprint density at radius 3 is 2.26 bits per heavy atom. The van der Waals surface area contributed by atoms with Crippen molar-refractivity contribution in [2.45, 2.75) is 43.9 Å². The van der Waals surface area contributed by atoms with Crippen LogP contribution < -0.4 is 0 Å². The zero-order valence-corrected chi connectivity index (χ0v) is 16.6. The second-order valence-corrected chi connectivity index (χ2v) is 8.27. The van der Waals surface area contributed by atoms with Crippen LogP contribution in [0.1, 0.15) is 44.0 Å². The second kappa shape index (κ2) is 6.77. The maximum atomic E-state index is 6.11.